The maximum atomic E-state index is 8.84. The fourth-order valence-corrected chi connectivity index (χ4v) is 1.93. The summed E-state index contributed by atoms with van der Waals surface area (Å²) in [6.45, 7) is 4.76. The quantitative estimate of drug-likeness (QED) is 0.759. The Kier molecular flexibility index (Phi) is 3.83. The molecule has 4 heteroatoms. The lowest BCUT2D eigenvalue weighted by atomic mass is 10.3. The number of nitrogens with zero attached hydrogens (tertiary/aromatic N) is 3. The van der Waals surface area contributed by atoms with E-state index in [9.17, 15) is 0 Å². The summed E-state index contributed by atoms with van der Waals surface area (Å²) in [6, 6.07) is 6.02. The van der Waals surface area contributed by atoms with E-state index in [1.54, 1.807) is 0 Å². The van der Waals surface area contributed by atoms with Crippen LogP contribution in [-0.2, 0) is 6.42 Å². The average Bonchev–Trinajstić information content (AvgIpc) is 2.68. The highest BCUT2D eigenvalue weighted by Gasteiger charge is 2.11. The van der Waals surface area contributed by atoms with E-state index in [1.165, 1.54) is 0 Å². The molecule has 0 saturated carbocycles. The molecule has 0 aliphatic heterocycles. The zero-order valence-corrected chi connectivity index (χ0v) is 10.8. The summed E-state index contributed by atoms with van der Waals surface area (Å²) in [7, 11) is 0. The van der Waals surface area contributed by atoms with Crippen LogP contribution in [0.4, 0.5) is 0 Å². The summed E-state index contributed by atoms with van der Waals surface area (Å²) in [5.74, 6) is 0.790. The zero-order valence-electron chi connectivity index (χ0n) is 10.8. The van der Waals surface area contributed by atoms with Gasteiger partial charge in [0.2, 0.25) is 0 Å². The largest absolute Gasteiger partial charge is 0.490 e. The first-order valence-electron chi connectivity index (χ1n) is 6.24. The summed E-state index contributed by atoms with van der Waals surface area (Å²) >= 11 is 0. The highest BCUT2D eigenvalue weighted by Crippen LogP contribution is 2.22. The average molecular weight is 243 g/mol. The molecule has 2 aromatic rings. The summed E-state index contributed by atoms with van der Waals surface area (Å²) in [5.41, 5.74) is 2.63. The number of rotatable bonds is 5. The predicted molar refractivity (Wildman–Crippen MR) is 69.6 cm³/mol. The molecular weight excluding hydrogens is 226 g/mol. The SMILES string of the molecule is CCCCOc1cccn2c(CC#N)c(C)nc12. The molecule has 0 saturated heterocycles. The molecular formula is C14H17N3O. The van der Waals surface area contributed by atoms with Crippen molar-refractivity contribution in [2.24, 2.45) is 0 Å². The molecule has 94 valence electrons. The van der Waals surface area contributed by atoms with Crippen molar-refractivity contribution in [2.75, 3.05) is 6.61 Å². The van der Waals surface area contributed by atoms with E-state index in [1.807, 2.05) is 29.7 Å². The Labute approximate surface area is 107 Å². The molecule has 2 heterocycles. The Bertz CT molecular complexity index is 580. The van der Waals surface area contributed by atoms with E-state index in [0.717, 1.165) is 35.6 Å². The van der Waals surface area contributed by atoms with Gasteiger partial charge in [-0.25, -0.2) is 4.98 Å². The second-order valence-electron chi connectivity index (χ2n) is 4.25. The van der Waals surface area contributed by atoms with Crippen LogP contribution in [0.15, 0.2) is 18.3 Å². The van der Waals surface area contributed by atoms with E-state index in [2.05, 4.69) is 18.0 Å². The van der Waals surface area contributed by atoms with E-state index < -0.39 is 0 Å². The Balaban J connectivity index is 2.38. The van der Waals surface area contributed by atoms with Gasteiger partial charge in [0.15, 0.2) is 11.4 Å². The third kappa shape index (κ3) is 2.30. The molecule has 0 fully saturated rings. The minimum atomic E-state index is 0.366. The van der Waals surface area contributed by atoms with Crippen LogP contribution in [-0.4, -0.2) is 16.0 Å². The lowest BCUT2D eigenvalue weighted by Crippen LogP contribution is -1.99. The van der Waals surface area contributed by atoms with Gasteiger partial charge in [-0.05, 0) is 25.5 Å². The van der Waals surface area contributed by atoms with Gasteiger partial charge >= 0.3 is 0 Å². The van der Waals surface area contributed by atoms with Gasteiger partial charge in [0, 0.05) is 6.20 Å². The number of fused-ring (bicyclic) bond motifs is 1. The lowest BCUT2D eigenvalue weighted by molar-refractivity contribution is 0.311. The number of unbranched alkanes of at least 4 members (excludes halogenated alkanes) is 1. The van der Waals surface area contributed by atoms with Crippen molar-refractivity contribution in [3.63, 3.8) is 0 Å². The molecule has 0 spiro atoms. The van der Waals surface area contributed by atoms with E-state index in [4.69, 9.17) is 10.00 Å². The molecule has 2 aromatic heterocycles. The van der Waals surface area contributed by atoms with Crippen LogP contribution in [0.25, 0.3) is 5.65 Å². The third-order valence-corrected chi connectivity index (χ3v) is 2.92. The van der Waals surface area contributed by atoms with Crippen LogP contribution in [0.5, 0.6) is 5.75 Å². The number of imidazole rings is 1. The molecule has 2 rings (SSSR count). The van der Waals surface area contributed by atoms with Gasteiger partial charge in [-0.1, -0.05) is 13.3 Å². The highest BCUT2D eigenvalue weighted by molar-refractivity contribution is 5.56. The lowest BCUT2D eigenvalue weighted by Gasteiger charge is -2.06. The van der Waals surface area contributed by atoms with Crippen molar-refractivity contribution in [3.05, 3.63) is 29.7 Å². The summed E-state index contributed by atoms with van der Waals surface area (Å²) in [5, 5.41) is 8.84. The van der Waals surface area contributed by atoms with Crippen molar-refractivity contribution in [1.29, 1.82) is 5.26 Å². The molecule has 0 atom stereocenters. The summed E-state index contributed by atoms with van der Waals surface area (Å²) < 4.78 is 7.68. The fraction of sp³-hybridized carbons (Fsp3) is 0.429. The standard InChI is InChI=1S/C14H17N3O/c1-3-4-10-18-13-6-5-9-17-12(7-8-15)11(2)16-14(13)17/h5-6,9H,3-4,7,10H2,1-2H3. The summed E-state index contributed by atoms with van der Waals surface area (Å²) in [6.07, 6.45) is 4.43. The molecule has 0 aliphatic carbocycles. The van der Waals surface area contributed by atoms with Crippen LogP contribution in [0.3, 0.4) is 0 Å². The monoisotopic (exact) mass is 243 g/mol. The van der Waals surface area contributed by atoms with Crippen LogP contribution >= 0.6 is 0 Å². The van der Waals surface area contributed by atoms with Crippen LogP contribution in [0, 0.1) is 18.3 Å². The van der Waals surface area contributed by atoms with Crippen molar-refractivity contribution in [1.82, 2.24) is 9.38 Å². The normalized spacial score (nSPS) is 10.5. The van der Waals surface area contributed by atoms with Crippen molar-refractivity contribution in [3.8, 4) is 11.8 Å². The van der Waals surface area contributed by atoms with Gasteiger partial charge < -0.3 is 4.74 Å². The number of aromatic nitrogens is 2. The van der Waals surface area contributed by atoms with Gasteiger partial charge in [0.05, 0.1) is 30.5 Å². The Hall–Kier alpha value is -2.02. The molecule has 0 N–H and O–H groups in total. The Morgan fingerprint density at radius 2 is 2.33 bits per heavy atom. The van der Waals surface area contributed by atoms with Gasteiger partial charge in [0.1, 0.15) is 0 Å². The van der Waals surface area contributed by atoms with E-state index in [0.29, 0.717) is 13.0 Å². The minimum absolute atomic E-state index is 0.366. The minimum Gasteiger partial charge on any atom is -0.490 e. The molecule has 0 bridgehead atoms. The Morgan fingerprint density at radius 3 is 3.06 bits per heavy atom. The topological polar surface area (TPSA) is 50.3 Å². The first-order valence-corrected chi connectivity index (χ1v) is 6.24. The second kappa shape index (κ2) is 5.54. The first-order chi connectivity index (χ1) is 8.77. The number of hydrogen-bond donors (Lipinski definition) is 0. The smallest absolute Gasteiger partial charge is 0.180 e. The molecule has 18 heavy (non-hydrogen) atoms. The first kappa shape index (κ1) is 12.4. The van der Waals surface area contributed by atoms with Crippen LogP contribution in [0.1, 0.15) is 31.2 Å². The number of nitriles is 1. The fourth-order valence-electron chi connectivity index (χ4n) is 1.93. The van der Waals surface area contributed by atoms with Gasteiger partial charge in [-0.2, -0.15) is 5.26 Å². The number of hydrogen-bond acceptors (Lipinski definition) is 3. The maximum absolute atomic E-state index is 8.84. The molecule has 4 nitrogen and oxygen atoms in total. The third-order valence-electron chi connectivity index (χ3n) is 2.92. The second-order valence-corrected chi connectivity index (χ2v) is 4.25. The number of ether oxygens (including phenoxy) is 1. The van der Waals surface area contributed by atoms with Gasteiger partial charge in [0.25, 0.3) is 0 Å². The molecule has 0 radical (unpaired) electrons. The molecule has 0 aromatic carbocycles. The van der Waals surface area contributed by atoms with Crippen LogP contribution in [0.2, 0.25) is 0 Å². The Morgan fingerprint density at radius 1 is 1.50 bits per heavy atom. The maximum Gasteiger partial charge on any atom is 0.180 e. The zero-order chi connectivity index (χ0) is 13.0. The molecule has 0 unspecified atom stereocenters. The van der Waals surface area contributed by atoms with Gasteiger partial charge in [-0.15, -0.1) is 0 Å². The van der Waals surface area contributed by atoms with Crippen molar-refractivity contribution in [2.45, 2.75) is 33.1 Å². The number of aryl methyl sites for hydroxylation is 1. The van der Waals surface area contributed by atoms with Crippen molar-refractivity contribution >= 4 is 5.65 Å². The summed E-state index contributed by atoms with van der Waals surface area (Å²) in [4.78, 5) is 4.50. The number of pyridine rings is 1. The van der Waals surface area contributed by atoms with E-state index in [-0.39, 0.29) is 0 Å². The van der Waals surface area contributed by atoms with E-state index >= 15 is 0 Å². The van der Waals surface area contributed by atoms with Gasteiger partial charge in [-0.3, -0.25) is 4.40 Å². The molecule has 0 aliphatic rings. The van der Waals surface area contributed by atoms with Crippen LogP contribution < -0.4 is 4.74 Å². The highest BCUT2D eigenvalue weighted by atomic mass is 16.5. The van der Waals surface area contributed by atoms with Crippen molar-refractivity contribution < 1.29 is 4.74 Å². The molecule has 0 amide bonds. The predicted octanol–water partition coefficient (Wildman–Crippen LogP) is 2.89.